The third-order valence-electron chi connectivity index (χ3n) is 4.00. The number of nitrogens with zero attached hydrogens (tertiary/aromatic N) is 3. The van der Waals surface area contributed by atoms with Gasteiger partial charge in [-0.15, -0.1) is 0 Å². The van der Waals surface area contributed by atoms with Gasteiger partial charge in [-0.1, -0.05) is 30.3 Å². The highest BCUT2D eigenvalue weighted by molar-refractivity contribution is 5.74. The highest BCUT2D eigenvalue weighted by Crippen LogP contribution is 2.16. The van der Waals surface area contributed by atoms with Crippen molar-refractivity contribution in [3.8, 4) is 5.82 Å². The molecule has 2 amide bonds. The molecule has 2 N–H and O–H groups in total. The molecule has 25 heavy (non-hydrogen) atoms. The van der Waals surface area contributed by atoms with Gasteiger partial charge in [0.25, 0.3) is 0 Å². The molecule has 2 heterocycles. The van der Waals surface area contributed by atoms with Crippen molar-refractivity contribution in [3.63, 3.8) is 0 Å². The molecule has 2 aromatic heterocycles. The number of carbonyl (C=O) groups excluding carboxylic acids is 1. The zero-order valence-electron chi connectivity index (χ0n) is 14.3. The van der Waals surface area contributed by atoms with Crippen LogP contribution in [0, 0.1) is 6.92 Å². The fourth-order valence-electron chi connectivity index (χ4n) is 2.64. The van der Waals surface area contributed by atoms with Gasteiger partial charge in [0.05, 0.1) is 6.04 Å². The van der Waals surface area contributed by atoms with E-state index in [1.807, 2.05) is 62.5 Å². The van der Waals surface area contributed by atoms with E-state index in [0.29, 0.717) is 6.54 Å². The monoisotopic (exact) mass is 335 g/mol. The van der Waals surface area contributed by atoms with Gasteiger partial charge >= 0.3 is 6.03 Å². The molecule has 3 rings (SSSR count). The first-order chi connectivity index (χ1) is 12.1. The summed E-state index contributed by atoms with van der Waals surface area (Å²) in [5.41, 5.74) is 3.20. The number of nitrogens with one attached hydrogen (secondary N) is 2. The molecule has 0 spiro atoms. The zero-order valence-corrected chi connectivity index (χ0v) is 14.3. The van der Waals surface area contributed by atoms with Crippen LogP contribution in [0.3, 0.4) is 0 Å². The van der Waals surface area contributed by atoms with Gasteiger partial charge in [-0.25, -0.2) is 14.5 Å². The molecule has 6 heteroatoms. The van der Waals surface area contributed by atoms with Crippen molar-refractivity contribution in [2.45, 2.75) is 26.4 Å². The van der Waals surface area contributed by atoms with E-state index >= 15 is 0 Å². The fourth-order valence-corrected chi connectivity index (χ4v) is 2.64. The maximum atomic E-state index is 12.1. The third-order valence-corrected chi connectivity index (χ3v) is 4.00. The lowest BCUT2D eigenvalue weighted by Gasteiger charge is -2.17. The number of hydrogen-bond acceptors (Lipinski definition) is 3. The summed E-state index contributed by atoms with van der Waals surface area (Å²) >= 11 is 0. The second-order valence-corrected chi connectivity index (χ2v) is 5.88. The van der Waals surface area contributed by atoms with Crippen LogP contribution in [0.25, 0.3) is 5.82 Å². The van der Waals surface area contributed by atoms with E-state index in [4.69, 9.17) is 0 Å². The van der Waals surface area contributed by atoms with E-state index in [1.54, 1.807) is 17.1 Å². The van der Waals surface area contributed by atoms with E-state index in [0.717, 1.165) is 22.5 Å². The fraction of sp³-hybridized carbons (Fsp3) is 0.211. The van der Waals surface area contributed by atoms with E-state index in [2.05, 4.69) is 20.7 Å². The molecule has 0 aliphatic heterocycles. The molecule has 0 saturated heterocycles. The van der Waals surface area contributed by atoms with Crippen LogP contribution >= 0.6 is 0 Å². The molecule has 128 valence electrons. The van der Waals surface area contributed by atoms with E-state index in [1.165, 1.54) is 0 Å². The lowest BCUT2D eigenvalue weighted by molar-refractivity contribution is 0.237. The number of hydrogen-bond donors (Lipinski definition) is 2. The zero-order chi connectivity index (χ0) is 17.6. The number of aryl methyl sites for hydroxylation is 1. The topological polar surface area (TPSA) is 71.8 Å². The average molecular weight is 335 g/mol. The summed E-state index contributed by atoms with van der Waals surface area (Å²) < 4.78 is 1.69. The molecule has 0 aliphatic rings. The summed E-state index contributed by atoms with van der Waals surface area (Å²) in [6.45, 7) is 4.43. The van der Waals surface area contributed by atoms with Crippen molar-refractivity contribution in [1.82, 2.24) is 25.4 Å². The molecule has 3 aromatic rings. The Bertz CT molecular complexity index is 827. The number of amides is 2. The van der Waals surface area contributed by atoms with Crippen LogP contribution in [-0.4, -0.2) is 20.8 Å². The van der Waals surface area contributed by atoms with Crippen LogP contribution in [0.1, 0.15) is 29.7 Å². The molecule has 0 bridgehead atoms. The van der Waals surface area contributed by atoms with Crippen LogP contribution < -0.4 is 10.6 Å². The predicted octanol–water partition coefficient (Wildman–Crippen LogP) is 3.14. The van der Waals surface area contributed by atoms with Gasteiger partial charge in [-0.3, -0.25) is 0 Å². The summed E-state index contributed by atoms with van der Waals surface area (Å²) in [6.07, 6.45) is 5.28. The van der Waals surface area contributed by atoms with Crippen LogP contribution in [-0.2, 0) is 6.54 Å². The lowest BCUT2D eigenvalue weighted by Crippen LogP contribution is -2.36. The Balaban J connectivity index is 1.53. The predicted molar refractivity (Wildman–Crippen MR) is 96.3 cm³/mol. The summed E-state index contributed by atoms with van der Waals surface area (Å²) in [4.78, 5) is 16.5. The lowest BCUT2D eigenvalue weighted by atomic mass is 10.0. The molecule has 1 atom stereocenters. The van der Waals surface area contributed by atoms with Gasteiger partial charge in [0.2, 0.25) is 0 Å². The van der Waals surface area contributed by atoms with Crippen molar-refractivity contribution < 1.29 is 4.79 Å². The molecular weight excluding hydrogens is 314 g/mol. The number of urea groups is 1. The Morgan fingerprint density at radius 2 is 2.04 bits per heavy atom. The molecule has 0 fully saturated rings. The molecule has 0 radical (unpaired) electrons. The average Bonchev–Trinajstić information content (AvgIpc) is 3.15. The second-order valence-electron chi connectivity index (χ2n) is 5.88. The highest BCUT2D eigenvalue weighted by atomic mass is 16.2. The summed E-state index contributed by atoms with van der Waals surface area (Å²) in [5.74, 6) is 0.742. The van der Waals surface area contributed by atoms with Gasteiger partial charge < -0.3 is 10.6 Å². The number of rotatable bonds is 5. The van der Waals surface area contributed by atoms with Gasteiger partial charge in [0.15, 0.2) is 5.82 Å². The normalized spacial score (nSPS) is 11.8. The number of aromatic nitrogens is 3. The maximum Gasteiger partial charge on any atom is 0.315 e. The smallest absolute Gasteiger partial charge is 0.315 e. The minimum absolute atomic E-state index is 0.0542. The maximum absolute atomic E-state index is 12.1. The Labute approximate surface area is 146 Å². The molecule has 0 aliphatic carbocycles. The molecule has 0 unspecified atom stereocenters. The molecular formula is C19H21N5O. The van der Waals surface area contributed by atoms with E-state index in [-0.39, 0.29) is 12.1 Å². The Hall–Kier alpha value is -3.15. The van der Waals surface area contributed by atoms with Crippen molar-refractivity contribution in [3.05, 3.63) is 77.7 Å². The Morgan fingerprint density at radius 3 is 2.72 bits per heavy atom. The summed E-state index contributed by atoms with van der Waals surface area (Å²) in [5, 5.41) is 9.95. The van der Waals surface area contributed by atoms with Crippen molar-refractivity contribution in [2.75, 3.05) is 0 Å². The molecule has 1 aromatic carbocycles. The highest BCUT2D eigenvalue weighted by Gasteiger charge is 2.11. The van der Waals surface area contributed by atoms with Gasteiger partial charge in [-0.2, -0.15) is 5.10 Å². The van der Waals surface area contributed by atoms with Gasteiger partial charge in [-0.05, 0) is 42.7 Å². The molecule has 0 saturated carbocycles. The minimum Gasteiger partial charge on any atom is -0.334 e. The van der Waals surface area contributed by atoms with Gasteiger partial charge in [0, 0.05) is 25.1 Å². The molecule has 6 nitrogen and oxygen atoms in total. The summed E-state index contributed by atoms with van der Waals surface area (Å²) in [7, 11) is 0. The van der Waals surface area contributed by atoms with Gasteiger partial charge in [0.1, 0.15) is 0 Å². The van der Waals surface area contributed by atoms with Crippen LogP contribution in [0.4, 0.5) is 4.79 Å². The first kappa shape index (κ1) is 16.7. The van der Waals surface area contributed by atoms with E-state index < -0.39 is 0 Å². The van der Waals surface area contributed by atoms with Crippen LogP contribution in [0.5, 0.6) is 0 Å². The standard InChI is InChI=1S/C19H21N5O/c1-14-6-3-4-7-17(14)15(2)23-19(25)21-13-16-8-9-18(20-12-16)24-11-5-10-22-24/h3-12,15H,13H2,1-2H3,(H2,21,23,25)/t15-/m1/s1. The Morgan fingerprint density at radius 1 is 1.20 bits per heavy atom. The summed E-state index contributed by atoms with van der Waals surface area (Å²) in [6, 6.07) is 13.4. The number of pyridine rings is 1. The van der Waals surface area contributed by atoms with Crippen molar-refractivity contribution in [2.24, 2.45) is 0 Å². The van der Waals surface area contributed by atoms with E-state index in [9.17, 15) is 4.79 Å². The Kier molecular flexibility index (Phi) is 5.09. The van der Waals surface area contributed by atoms with Crippen molar-refractivity contribution >= 4 is 6.03 Å². The second kappa shape index (κ2) is 7.61. The number of carbonyl (C=O) groups is 1. The third kappa shape index (κ3) is 4.23. The van der Waals surface area contributed by atoms with Crippen LogP contribution in [0.15, 0.2) is 61.1 Å². The quantitative estimate of drug-likeness (QED) is 0.752. The minimum atomic E-state index is -0.202. The van der Waals surface area contributed by atoms with Crippen molar-refractivity contribution in [1.29, 1.82) is 0 Å². The van der Waals surface area contributed by atoms with Crippen LogP contribution in [0.2, 0.25) is 0 Å². The first-order valence-electron chi connectivity index (χ1n) is 8.18. The first-order valence-corrected chi connectivity index (χ1v) is 8.18. The largest absolute Gasteiger partial charge is 0.334 e. The number of benzene rings is 1. The SMILES string of the molecule is Cc1ccccc1[C@@H](C)NC(=O)NCc1ccc(-n2cccn2)nc1.